The Morgan fingerprint density at radius 3 is 2.62 bits per heavy atom. The van der Waals surface area contributed by atoms with Gasteiger partial charge in [-0.05, 0) is 73.7 Å². The maximum absolute atomic E-state index is 13.0. The number of fused-ring (bicyclic) bond motifs is 1. The van der Waals surface area contributed by atoms with Crippen LogP contribution in [-0.4, -0.2) is 16.0 Å². The summed E-state index contributed by atoms with van der Waals surface area (Å²) in [6, 6.07) is 18.5. The lowest BCUT2D eigenvalue weighted by atomic mass is 10.1. The third kappa shape index (κ3) is 4.30. The van der Waals surface area contributed by atoms with Crippen LogP contribution in [0.4, 0.5) is 10.1 Å². The van der Waals surface area contributed by atoms with Crippen LogP contribution in [0.15, 0.2) is 71.1 Å². The molecule has 1 aromatic heterocycles. The molecule has 4 aromatic rings. The molecule has 0 radical (unpaired) electrons. The predicted octanol–water partition coefficient (Wildman–Crippen LogP) is 5.07. The molecule has 7 heteroatoms. The van der Waals surface area contributed by atoms with Gasteiger partial charge in [0.25, 0.3) is 5.91 Å². The van der Waals surface area contributed by atoms with E-state index in [0.29, 0.717) is 28.2 Å². The van der Waals surface area contributed by atoms with Crippen molar-refractivity contribution in [3.63, 3.8) is 0 Å². The van der Waals surface area contributed by atoms with Gasteiger partial charge in [0.2, 0.25) is 5.89 Å². The summed E-state index contributed by atoms with van der Waals surface area (Å²) in [4.78, 5) is 16.7. The van der Waals surface area contributed by atoms with Gasteiger partial charge in [-0.1, -0.05) is 17.7 Å². The number of aromatic nitrogens is 1. The summed E-state index contributed by atoms with van der Waals surface area (Å²) >= 11 is 5.20. The van der Waals surface area contributed by atoms with Crippen LogP contribution in [-0.2, 0) is 0 Å². The smallest absolute Gasteiger partial charge is 0.257 e. The second kappa shape index (κ2) is 7.81. The second-order valence-electron chi connectivity index (χ2n) is 6.49. The molecule has 0 saturated carbocycles. The van der Waals surface area contributed by atoms with Crippen molar-refractivity contribution >= 4 is 40.0 Å². The van der Waals surface area contributed by atoms with Crippen molar-refractivity contribution in [2.75, 3.05) is 5.32 Å². The summed E-state index contributed by atoms with van der Waals surface area (Å²) in [5, 5.41) is 5.64. The van der Waals surface area contributed by atoms with E-state index in [1.165, 1.54) is 24.3 Å². The quantitative estimate of drug-likeness (QED) is 0.466. The zero-order valence-electron chi connectivity index (χ0n) is 15.4. The van der Waals surface area contributed by atoms with Crippen LogP contribution < -0.4 is 10.6 Å². The van der Waals surface area contributed by atoms with Crippen molar-refractivity contribution in [2.45, 2.75) is 6.92 Å². The van der Waals surface area contributed by atoms with E-state index in [0.717, 1.165) is 11.1 Å². The highest BCUT2D eigenvalue weighted by Gasteiger charge is 2.11. The van der Waals surface area contributed by atoms with E-state index in [2.05, 4.69) is 15.6 Å². The molecule has 1 heterocycles. The van der Waals surface area contributed by atoms with Crippen molar-refractivity contribution in [3.05, 3.63) is 83.7 Å². The van der Waals surface area contributed by atoms with Gasteiger partial charge in [-0.25, -0.2) is 9.37 Å². The van der Waals surface area contributed by atoms with Gasteiger partial charge >= 0.3 is 0 Å². The van der Waals surface area contributed by atoms with Gasteiger partial charge in [-0.2, -0.15) is 0 Å². The molecule has 2 N–H and O–H groups in total. The van der Waals surface area contributed by atoms with E-state index in [-0.39, 0.29) is 5.11 Å². The molecule has 0 saturated heterocycles. The summed E-state index contributed by atoms with van der Waals surface area (Å²) in [5.74, 6) is -0.298. The standard InChI is InChI=1S/C22H16FN3O2S/c1-13-3-2-4-15(11-13)21-25-18-12-17(9-10-19(18)28-21)24-22(29)26-20(27)14-5-7-16(23)8-6-14/h2-12H,1H3,(H2,24,26,27,29). The molecule has 0 aliphatic carbocycles. The van der Waals surface area contributed by atoms with Crippen LogP contribution in [0.5, 0.6) is 0 Å². The highest BCUT2D eigenvalue weighted by Crippen LogP contribution is 2.26. The maximum Gasteiger partial charge on any atom is 0.257 e. The van der Waals surface area contributed by atoms with Crippen molar-refractivity contribution in [3.8, 4) is 11.5 Å². The Hall–Kier alpha value is -3.58. The number of amides is 1. The van der Waals surface area contributed by atoms with Crippen molar-refractivity contribution in [1.82, 2.24) is 10.3 Å². The van der Waals surface area contributed by atoms with Crippen LogP contribution in [0.1, 0.15) is 15.9 Å². The van der Waals surface area contributed by atoms with E-state index >= 15 is 0 Å². The lowest BCUT2D eigenvalue weighted by molar-refractivity contribution is 0.0977. The molecule has 0 atom stereocenters. The molecular formula is C22H16FN3O2S. The zero-order valence-corrected chi connectivity index (χ0v) is 16.2. The Balaban J connectivity index is 1.48. The number of aryl methyl sites for hydroxylation is 1. The average Bonchev–Trinajstić information content (AvgIpc) is 3.12. The molecule has 0 aliphatic rings. The molecule has 4 rings (SSSR count). The minimum absolute atomic E-state index is 0.126. The number of hydrogen-bond acceptors (Lipinski definition) is 4. The number of nitrogens with zero attached hydrogens (tertiary/aromatic N) is 1. The average molecular weight is 405 g/mol. The number of carbonyl (C=O) groups excluding carboxylic acids is 1. The molecule has 0 unspecified atom stereocenters. The Morgan fingerprint density at radius 2 is 1.86 bits per heavy atom. The van der Waals surface area contributed by atoms with Crippen molar-refractivity contribution < 1.29 is 13.6 Å². The Kier molecular flexibility index (Phi) is 5.05. The molecule has 0 fully saturated rings. The number of benzene rings is 3. The highest BCUT2D eigenvalue weighted by atomic mass is 32.1. The number of halogens is 1. The number of hydrogen-bond donors (Lipinski definition) is 2. The number of anilines is 1. The summed E-state index contributed by atoms with van der Waals surface area (Å²) in [6.07, 6.45) is 0. The zero-order chi connectivity index (χ0) is 20.4. The lowest BCUT2D eigenvalue weighted by Gasteiger charge is -2.09. The van der Waals surface area contributed by atoms with Crippen LogP contribution in [0.25, 0.3) is 22.6 Å². The molecule has 5 nitrogen and oxygen atoms in total. The number of carbonyl (C=O) groups is 1. The summed E-state index contributed by atoms with van der Waals surface area (Å²) < 4.78 is 18.8. The number of oxazole rings is 1. The van der Waals surface area contributed by atoms with Gasteiger partial charge < -0.3 is 9.73 Å². The van der Waals surface area contributed by atoms with Crippen LogP contribution in [0, 0.1) is 12.7 Å². The monoisotopic (exact) mass is 405 g/mol. The summed E-state index contributed by atoms with van der Waals surface area (Å²) in [6.45, 7) is 2.01. The molecule has 0 aliphatic heterocycles. The number of nitrogens with one attached hydrogen (secondary N) is 2. The first-order valence-corrected chi connectivity index (χ1v) is 9.24. The Bertz CT molecular complexity index is 1220. The van der Waals surface area contributed by atoms with Gasteiger partial charge in [0, 0.05) is 16.8 Å². The largest absolute Gasteiger partial charge is 0.436 e. The summed E-state index contributed by atoms with van der Waals surface area (Å²) in [7, 11) is 0. The molecule has 0 spiro atoms. The van der Waals surface area contributed by atoms with E-state index in [1.807, 2.05) is 31.2 Å². The first-order valence-electron chi connectivity index (χ1n) is 8.83. The van der Waals surface area contributed by atoms with E-state index in [9.17, 15) is 9.18 Å². The maximum atomic E-state index is 13.0. The Morgan fingerprint density at radius 1 is 1.07 bits per heavy atom. The summed E-state index contributed by atoms with van der Waals surface area (Å²) in [5.41, 5.74) is 4.30. The predicted molar refractivity (Wildman–Crippen MR) is 114 cm³/mol. The van der Waals surface area contributed by atoms with Crippen molar-refractivity contribution in [1.29, 1.82) is 0 Å². The van der Waals surface area contributed by atoms with Gasteiger partial charge in [-0.3, -0.25) is 10.1 Å². The fourth-order valence-electron chi connectivity index (χ4n) is 2.85. The molecule has 29 heavy (non-hydrogen) atoms. The van der Waals surface area contributed by atoms with Gasteiger partial charge in [0.15, 0.2) is 10.7 Å². The highest BCUT2D eigenvalue weighted by molar-refractivity contribution is 7.80. The third-order valence-electron chi connectivity index (χ3n) is 4.24. The number of rotatable bonds is 3. The van der Waals surface area contributed by atoms with Crippen LogP contribution in [0.2, 0.25) is 0 Å². The molecular weight excluding hydrogens is 389 g/mol. The normalized spacial score (nSPS) is 10.7. The van der Waals surface area contributed by atoms with E-state index in [1.54, 1.807) is 18.2 Å². The molecule has 0 bridgehead atoms. The number of thiocarbonyl (C=S) groups is 1. The lowest BCUT2D eigenvalue weighted by Crippen LogP contribution is -2.34. The molecule has 3 aromatic carbocycles. The topological polar surface area (TPSA) is 67.2 Å². The van der Waals surface area contributed by atoms with E-state index < -0.39 is 11.7 Å². The molecule has 1 amide bonds. The fourth-order valence-corrected chi connectivity index (χ4v) is 3.06. The minimum Gasteiger partial charge on any atom is -0.436 e. The van der Waals surface area contributed by atoms with Gasteiger partial charge in [-0.15, -0.1) is 0 Å². The van der Waals surface area contributed by atoms with Crippen LogP contribution >= 0.6 is 12.2 Å². The van der Waals surface area contributed by atoms with Crippen LogP contribution in [0.3, 0.4) is 0 Å². The Labute approximate surface area is 171 Å². The van der Waals surface area contributed by atoms with E-state index in [4.69, 9.17) is 16.6 Å². The van der Waals surface area contributed by atoms with Gasteiger partial charge in [0.05, 0.1) is 0 Å². The molecule has 144 valence electrons. The third-order valence-corrected chi connectivity index (χ3v) is 4.45. The van der Waals surface area contributed by atoms with Crippen molar-refractivity contribution in [2.24, 2.45) is 0 Å². The first-order chi connectivity index (χ1) is 14.0. The minimum atomic E-state index is -0.424. The first kappa shape index (κ1) is 18.8. The fraction of sp³-hybridized carbons (Fsp3) is 0.0455. The van der Waals surface area contributed by atoms with Gasteiger partial charge in [0.1, 0.15) is 11.3 Å². The SMILES string of the molecule is Cc1cccc(-c2nc3cc(NC(=S)NC(=O)c4ccc(F)cc4)ccc3o2)c1. The second-order valence-corrected chi connectivity index (χ2v) is 6.89.